The highest BCUT2D eigenvalue weighted by molar-refractivity contribution is 6.07. The molecule has 25 heavy (non-hydrogen) atoms. The van der Waals surface area contributed by atoms with Crippen LogP contribution in [0.2, 0.25) is 0 Å². The van der Waals surface area contributed by atoms with Gasteiger partial charge in [0.1, 0.15) is 0 Å². The molecule has 0 radical (unpaired) electrons. The Morgan fingerprint density at radius 3 is 2.32 bits per heavy atom. The Hall–Kier alpha value is -2.10. The molecule has 0 fully saturated rings. The Labute approximate surface area is 148 Å². The monoisotopic (exact) mass is 335 g/mol. The van der Waals surface area contributed by atoms with Gasteiger partial charge < -0.3 is 14.4 Å². The molecule has 3 aromatic rings. The maximum Gasteiger partial charge on any atom is 0.0952 e. The van der Waals surface area contributed by atoms with Gasteiger partial charge in [-0.2, -0.15) is 0 Å². The van der Waals surface area contributed by atoms with Gasteiger partial charge in [0.25, 0.3) is 0 Å². The number of fused-ring (bicyclic) bond motifs is 3. The molecule has 1 aliphatic rings. The summed E-state index contributed by atoms with van der Waals surface area (Å²) in [5.74, 6) is 0.602. The maximum atomic E-state index is 10.5. The predicted molar refractivity (Wildman–Crippen MR) is 103 cm³/mol. The summed E-state index contributed by atoms with van der Waals surface area (Å²) < 4.78 is 8.02. The number of rotatable bonds is 6. The largest absolute Gasteiger partial charge is 0.389 e. The number of aliphatic hydroxyl groups excluding tert-OH is 1. The first-order chi connectivity index (χ1) is 12.3. The predicted octanol–water partition coefficient (Wildman–Crippen LogP) is 4.53. The molecule has 1 heterocycles. The van der Waals surface area contributed by atoms with E-state index in [-0.39, 0.29) is 0 Å². The van der Waals surface area contributed by atoms with Crippen LogP contribution >= 0.6 is 0 Å². The van der Waals surface area contributed by atoms with Crippen molar-refractivity contribution in [2.75, 3.05) is 13.2 Å². The summed E-state index contributed by atoms with van der Waals surface area (Å²) in [5.41, 5.74) is 2.33. The van der Waals surface area contributed by atoms with E-state index in [4.69, 9.17) is 4.74 Å². The number of hydrogen-bond donors (Lipinski definition) is 1. The molecule has 0 amide bonds. The minimum absolute atomic E-state index is 0.390. The molecule has 2 aromatic carbocycles. The van der Waals surface area contributed by atoms with Gasteiger partial charge in [-0.05, 0) is 37.3 Å². The molecule has 1 aromatic heterocycles. The van der Waals surface area contributed by atoms with Crippen molar-refractivity contribution >= 4 is 21.8 Å². The van der Waals surface area contributed by atoms with Gasteiger partial charge in [-0.1, -0.05) is 48.6 Å². The second kappa shape index (κ2) is 7.42. The van der Waals surface area contributed by atoms with Crippen LogP contribution in [-0.2, 0) is 11.3 Å². The van der Waals surface area contributed by atoms with Crippen molar-refractivity contribution in [3.05, 3.63) is 60.7 Å². The van der Waals surface area contributed by atoms with Crippen LogP contribution < -0.4 is 0 Å². The minimum Gasteiger partial charge on any atom is -0.389 e. The molecule has 4 rings (SSSR count). The van der Waals surface area contributed by atoms with Gasteiger partial charge >= 0.3 is 0 Å². The summed E-state index contributed by atoms with van der Waals surface area (Å²) in [6.07, 6.45) is 7.43. The number of hydrogen-bond acceptors (Lipinski definition) is 2. The average molecular weight is 335 g/mol. The van der Waals surface area contributed by atoms with Crippen LogP contribution in [0.3, 0.4) is 0 Å². The van der Waals surface area contributed by atoms with E-state index in [1.54, 1.807) is 0 Å². The molecular weight excluding hydrogens is 310 g/mol. The molecule has 130 valence electrons. The van der Waals surface area contributed by atoms with E-state index < -0.39 is 6.10 Å². The van der Waals surface area contributed by atoms with Gasteiger partial charge in [0.05, 0.1) is 19.3 Å². The van der Waals surface area contributed by atoms with Crippen molar-refractivity contribution in [1.29, 1.82) is 0 Å². The fraction of sp³-hybridized carbons (Fsp3) is 0.364. The summed E-state index contributed by atoms with van der Waals surface area (Å²) in [6.45, 7) is 1.69. The number of nitrogens with zero attached hydrogens (tertiary/aromatic N) is 1. The lowest BCUT2D eigenvalue weighted by atomic mass is 9.95. The fourth-order valence-electron chi connectivity index (χ4n) is 3.84. The van der Waals surface area contributed by atoms with Crippen LogP contribution in [0.4, 0.5) is 0 Å². The molecule has 0 spiro atoms. The number of aliphatic hydroxyl groups is 1. The molecule has 1 N–H and O–H groups in total. The molecule has 0 saturated carbocycles. The van der Waals surface area contributed by atoms with E-state index in [1.165, 1.54) is 28.2 Å². The second-order valence-electron chi connectivity index (χ2n) is 6.99. The lowest BCUT2D eigenvalue weighted by Gasteiger charge is -2.19. The van der Waals surface area contributed by atoms with Crippen LogP contribution in [0.15, 0.2) is 60.7 Å². The molecule has 3 heteroatoms. The average Bonchev–Trinajstić information content (AvgIpc) is 2.97. The van der Waals surface area contributed by atoms with Crippen LogP contribution in [-0.4, -0.2) is 29.0 Å². The smallest absolute Gasteiger partial charge is 0.0952 e. The van der Waals surface area contributed by atoms with Crippen LogP contribution in [0.1, 0.15) is 19.3 Å². The summed E-state index contributed by atoms with van der Waals surface area (Å²) in [5, 5.41) is 13.0. The zero-order valence-corrected chi connectivity index (χ0v) is 14.5. The summed E-state index contributed by atoms with van der Waals surface area (Å²) >= 11 is 0. The number of ether oxygens (including phenoxy) is 1. The Bertz CT molecular complexity index is 827. The van der Waals surface area contributed by atoms with Crippen molar-refractivity contribution in [3.63, 3.8) is 0 Å². The zero-order valence-electron chi connectivity index (χ0n) is 14.5. The quantitative estimate of drug-likeness (QED) is 0.672. The lowest BCUT2D eigenvalue weighted by Crippen LogP contribution is -2.24. The third kappa shape index (κ3) is 3.48. The Balaban J connectivity index is 1.46. The van der Waals surface area contributed by atoms with E-state index in [2.05, 4.69) is 65.3 Å². The minimum atomic E-state index is -0.502. The van der Waals surface area contributed by atoms with Crippen molar-refractivity contribution in [2.45, 2.75) is 31.9 Å². The van der Waals surface area contributed by atoms with Gasteiger partial charge in [0.2, 0.25) is 0 Å². The molecular formula is C22H25NO2. The molecule has 0 bridgehead atoms. The summed E-state index contributed by atoms with van der Waals surface area (Å²) in [6, 6.07) is 16.8. The summed E-state index contributed by atoms with van der Waals surface area (Å²) in [7, 11) is 0. The number of para-hydroxylation sites is 2. The first kappa shape index (κ1) is 16.4. The van der Waals surface area contributed by atoms with Gasteiger partial charge in [-0.3, -0.25) is 0 Å². The second-order valence-corrected chi connectivity index (χ2v) is 6.99. The van der Waals surface area contributed by atoms with Crippen LogP contribution in [0.5, 0.6) is 0 Å². The van der Waals surface area contributed by atoms with E-state index in [9.17, 15) is 5.11 Å². The summed E-state index contributed by atoms with van der Waals surface area (Å²) in [4.78, 5) is 0. The Morgan fingerprint density at radius 1 is 1.00 bits per heavy atom. The normalized spacial score (nSPS) is 18.8. The van der Waals surface area contributed by atoms with Gasteiger partial charge in [0.15, 0.2) is 0 Å². The highest BCUT2D eigenvalue weighted by Gasteiger charge is 2.15. The molecule has 0 saturated heterocycles. The third-order valence-corrected chi connectivity index (χ3v) is 5.11. The molecule has 3 nitrogen and oxygen atoms in total. The van der Waals surface area contributed by atoms with Gasteiger partial charge in [-0.25, -0.2) is 0 Å². The topological polar surface area (TPSA) is 34.4 Å². The zero-order chi connectivity index (χ0) is 17.1. The fourth-order valence-corrected chi connectivity index (χ4v) is 3.84. The van der Waals surface area contributed by atoms with Crippen LogP contribution in [0.25, 0.3) is 21.8 Å². The molecule has 1 aliphatic carbocycles. The van der Waals surface area contributed by atoms with Gasteiger partial charge in [0, 0.05) is 28.4 Å². The van der Waals surface area contributed by atoms with E-state index in [0.717, 1.165) is 19.4 Å². The molecule has 0 unspecified atom stereocenters. The van der Waals surface area contributed by atoms with E-state index in [1.807, 2.05) is 0 Å². The third-order valence-electron chi connectivity index (χ3n) is 5.11. The van der Waals surface area contributed by atoms with Crippen LogP contribution in [0, 0.1) is 5.92 Å². The number of allylic oxidation sites excluding steroid dienone is 2. The van der Waals surface area contributed by atoms with E-state index in [0.29, 0.717) is 19.1 Å². The first-order valence-electron chi connectivity index (χ1n) is 9.19. The SMILES string of the molecule is O[C@H](COC[C@H]1CC=CCC1)Cn1c2ccccc2c2ccccc21. The van der Waals surface area contributed by atoms with Crippen molar-refractivity contribution in [2.24, 2.45) is 5.92 Å². The van der Waals surface area contributed by atoms with Gasteiger partial charge in [-0.15, -0.1) is 0 Å². The first-order valence-corrected chi connectivity index (χ1v) is 9.19. The van der Waals surface area contributed by atoms with Crippen molar-refractivity contribution in [1.82, 2.24) is 4.57 Å². The maximum absolute atomic E-state index is 10.5. The standard InChI is InChI=1S/C22H25NO2/c24-18(16-25-15-17-8-2-1-3-9-17)14-23-21-12-6-4-10-19(21)20-11-5-7-13-22(20)23/h1-2,4-7,10-13,17-18,24H,3,8-9,14-16H2/t17-,18-/m0/s1. The highest BCUT2D eigenvalue weighted by Crippen LogP contribution is 2.28. The van der Waals surface area contributed by atoms with E-state index >= 15 is 0 Å². The number of benzene rings is 2. The number of aromatic nitrogens is 1. The Kier molecular flexibility index (Phi) is 4.86. The molecule has 0 aliphatic heterocycles. The Morgan fingerprint density at radius 2 is 1.68 bits per heavy atom. The van der Waals surface area contributed by atoms with Crippen molar-refractivity contribution in [3.8, 4) is 0 Å². The molecule has 2 atom stereocenters. The van der Waals surface area contributed by atoms with Crippen molar-refractivity contribution < 1.29 is 9.84 Å². The lowest BCUT2D eigenvalue weighted by molar-refractivity contribution is 0.0136. The highest BCUT2D eigenvalue weighted by atomic mass is 16.5.